The second kappa shape index (κ2) is 14.0. The summed E-state index contributed by atoms with van der Waals surface area (Å²) in [5.74, 6) is -1.46. The molecule has 0 spiro atoms. The van der Waals surface area contributed by atoms with E-state index in [1.807, 2.05) is 72.8 Å². The molecule has 0 N–H and O–H groups in total. The predicted octanol–water partition coefficient (Wildman–Crippen LogP) is 8.77. The highest BCUT2D eigenvalue weighted by molar-refractivity contribution is 6.36. The van der Waals surface area contributed by atoms with E-state index in [0.717, 1.165) is 21.1 Å². The molecule has 6 rings (SSSR count). The molecule has 8 nitrogen and oxygen atoms in total. The van der Waals surface area contributed by atoms with Crippen LogP contribution in [0, 0.1) is 22.7 Å². The Labute approximate surface area is 286 Å². The van der Waals surface area contributed by atoms with Crippen molar-refractivity contribution in [1.29, 1.82) is 10.5 Å². The number of nitrogens with zero attached hydrogens (tertiary/aromatic N) is 6. The number of rotatable bonds is 6. The Bertz CT molecular complexity index is 2230. The van der Waals surface area contributed by atoms with Crippen molar-refractivity contribution in [3.63, 3.8) is 0 Å². The van der Waals surface area contributed by atoms with Crippen molar-refractivity contribution in [1.82, 2.24) is 9.97 Å². The van der Waals surface area contributed by atoms with Crippen LogP contribution < -0.4 is 10.0 Å². The van der Waals surface area contributed by atoms with Gasteiger partial charge in [-0.3, -0.25) is 19.6 Å². The average Bonchev–Trinajstić information content (AvgIpc) is 3.14. The molecule has 2 amide bonds. The predicted molar refractivity (Wildman–Crippen MR) is 185 cm³/mol. The van der Waals surface area contributed by atoms with Crippen molar-refractivity contribution in [2.24, 2.45) is 0 Å². The molecule has 0 bridgehead atoms. The fourth-order valence-corrected chi connectivity index (χ4v) is 5.40. The van der Waals surface area contributed by atoms with Gasteiger partial charge in [-0.25, -0.2) is 10.0 Å². The minimum absolute atomic E-state index is 0.0303. The second-order valence-corrected chi connectivity index (χ2v) is 11.2. The van der Waals surface area contributed by atoms with Gasteiger partial charge in [-0.1, -0.05) is 83.9 Å². The summed E-state index contributed by atoms with van der Waals surface area (Å²) in [6, 6.07) is 38.1. The minimum atomic E-state index is -0.731. The number of nitriles is 2. The summed E-state index contributed by atoms with van der Waals surface area (Å²) in [5.41, 5.74) is 3.56. The molecule has 10 heteroatoms. The highest BCUT2D eigenvalue weighted by atomic mass is 35.5. The van der Waals surface area contributed by atoms with Gasteiger partial charge in [0.25, 0.3) is 11.8 Å². The average molecular weight is 666 g/mol. The molecule has 6 aromatic rings. The molecule has 0 radical (unpaired) electrons. The molecule has 2 aromatic heterocycles. The number of pyridine rings is 2. The summed E-state index contributed by atoms with van der Waals surface area (Å²) in [7, 11) is 0. The molecule has 0 saturated heterocycles. The molecular formula is C38H22Cl2N6O2. The lowest BCUT2D eigenvalue weighted by Crippen LogP contribution is -2.51. The van der Waals surface area contributed by atoms with Crippen LogP contribution in [-0.2, 0) is 0 Å². The van der Waals surface area contributed by atoms with Crippen LogP contribution in [0.15, 0.2) is 134 Å². The van der Waals surface area contributed by atoms with Crippen molar-refractivity contribution < 1.29 is 9.59 Å². The van der Waals surface area contributed by atoms with Gasteiger partial charge in [0.1, 0.15) is 0 Å². The molecule has 0 aliphatic heterocycles. The first-order valence-corrected chi connectivity index (χ1v) is 15.2. The fourth-order valence-electron chi connectivity index (χ4n) is 5.00. The SMILES string of the molecule is N#Cc1ccc(Cl)c(C(=O)N(c2ccc(-c3ccccc3)nc2)N(C(=O)c2cc(C#N)ccc2Cl)c2ccnc(-c3ccccc3)c2)c1. The van der Waals surface area contributed by atoms with Gasteiger partial charge in [0, 0.05) is 17.3 Å². The summed E-state index contributed by atoms with van der Waals surface area (Å²) in [6.07, 6.45) is 2.99. The van der Waals surface area contributed by atoms with Gasteiger partial charge in [0.15, 0.2) is 0 Å². The maximum absolute atomic E-state index is 14.7. The van der Waals surface area contributed by atoms with E-state index in [4.69, 9.17) is 23.2 Å². The lowest BCUT2D eigenvalue weighted by atomic mass is 10.1. The van der Waals surface area contributed by atoms with Crippen molar-refractivity contribution in [3.05, 3.63) is 166 Å². The highest BCUT2D eigenvalue weighted by Crippen LogP contribution is 2.33. The largest absolute Gasteiger partial charge is 0.279 e. The molecule has 2 heterocycles. The molecule has 230 valence electrons. The van der Waals surface area contributed by atoms with E-state index in [9.17, 15) is 20.1 Å². The Balaban J connectivity index is 1.60. The first kappa shape index (κ1) is 31.7. The van der Waals surface area contributed by atoms with E-state index < -0.39 is 11.8 Å². The van der Waals surface area contributed by atoms with Gasteiger partial charge in [0.05, 0.1) is 73.4 Å². The van der Waals surface area contributed by atoms with Crippen LogP contribution in [0.4, 0.5) is 11.4 Å². The van der Waals surface area contributed by atoms with E-state index in [0.29, 0.717) is 11.4 Å². The highest BCUT2D eigenvalue weighted by Gasteiger charge is 2.34. The summed E-state index contributed by atoms with van der Waals surface area (Å²) >= 11 is 13.1. The Hall–Kier alpha value is -6.32. The van der Waals surface area contributed by atoms with Crippen LogP contribution in [0.3, 0.4) is 0 Å². The first-order chi connectivity index (χ1) is 23.4. The first-order valence-electron chi connectivity index (χ1n) is 14.5. The molecule has 0 saturated carbocycles. The molecule has 0 atom stereocenters. The quantitative estimate of drug-likeness (QED) is 0.164. The summed E-state index contributed by atoms with van der Waals surface area (Å²) < 4.78 is 0. The standard InChI is InChI=1S/C38H22Cl2N6O2/c39-33-14-11-25(22-41)19-31(33)37(47)45(29-17-18-43-36(21-29)28-9-5-2-6-10-28)46(38(48)32-20-26(23-42)12-15-34(32)40)30-13-16-35(44-24-30)27-7-3-1-4-8-27/h1-21,24H. The van der Waals surface area contributed by atoms with Crippen molar-refractivity contribution in [2.75, 3.05) is 10.0 Å². The molecule has 0 aliphatic rings. The topological polar surface area (TPSA) is 114 Å². The number of amides is 2. The second-order valence-electron chi connectivity index (χ2n) is 10.4. The van der Waals surface area contributed by atoms with Crippen LogP contribution >= 0.6 is 23.2 Å². The Kier molecular flexibility index (Phi) is 9.22. The summed E-state index contributed by atoms with van der Waals surface area (Å²) in [5, 5.41) is 21.7. The Morgan fingerprint density at radius 2 is 1.08 bits per heavy atom. The third-order valence-electron chi connectivity index (χ3n) is 7.36. The smallest absolute Gasteiger partial charge is 0.267 e. The fraction of sp³-hybridized carbons (Fsp3) is 0. The maximum Gasteiger partial charge on any atom is 0.279 e. The lowest BCUT2D eigenvalue weighted by Gasteiger charge is -2.35. The molecule has 48 heavy (non-hydrogen) atoms. The molecule has 4 aromatic carbocycles. The number of hydrogen-bond acceptors (Lipinski definition) is 6. The van der Waals surface area contributed by atoms with Gasteiger partial charge in [-0.2, -0.15) is 10.5 Å². The Morgan fingerprint density at radius 3 is 1.58 bits per heavy atom. The van der Waals surface area contributed by atoms with Crippen LogP contribution in [0.5, 0.6) is 0 Å². The van der Waals surface area contributed by atoms with E-state index in [1.165, 1.54) is 48.8 Å². The number of hydrazine groups is 1. The van der Waals surface area contributed by atoms with Gasteiger partial charge in [-0.15, -0.1) is 0 Å². The molecule has 0 fully saturated rings. The monoisotopic (exact) mass is 664 g/mol. The number of carbonyl (C=O) groups excluding carboxylic acids is 2. The molecular weight excluding hydrogens is 643 g/mol. The van der Waals surface area contributed by atoms with E-state index in [1.54, 1.807) is 24.3 Å². The number of aromatic nitrogens is 2. The van der Waals surface area contributed by atoms with E-state index in [-0.39, 0.29) is 43.7 Å². The molecule has 0 aliphatic carbocycles. The number of benzene rings is 4. The van der Waals surface area contributed by atoms with Crippen molar-refractivity contribution >= 4 is 46.4 Å². The number of hydrogen-bond donors (Lipinski definition) is 0. The zero-order valence-corrected chi connectivity index (χ0v) is 26.5. The molecule has 0 unspecified atom stereocenters. The van der Waals surface area contributed by atoms with Crippen LogP contribution in [-0.4, -0.2) is 21.8 Å². The summed E-state index contributed by atoms with van der Waals surface area (Å²) in [6.45, 7) is 0. The number of carbonyl (C=O) groups is 2. The van der Waals surface area contributed by atoms with Gasteiger partial charge in [-0.05, 0) is 60.7 Å². The minimum Gasteiger partial charge on any atom is -0.267 e. The van der Waals surface area contributed by atoms with Gasteiger partial charge < -0.3 is 0 Å². The van der Waals surface area contributed by atoms with Crippen LogP contribution in [0.2, 0.25) is 10.0 Å². The number of anilines is 2. The summed E-state index contributed by atoms with van der Waals surface area (Å²) in [4.78, 5) is 38.6. The van der Waals surface area contributed by atoms with Crippen LogP contribution in [0.25, 0.3) is 22.5 Å². The van der Waals surface area contributed by atoms with E-state index in [2.05, 4.69) is 9.97 Å². The van der Waals surface area contributed by atoms with Gasteiger partial charge in [0.2, 0.25) is 0 Å². The normalized spacial score (nSPS) is 10.4. The van der Waals surface area contributed by atoms with Crippen LogP contribution in [0.1, 0.15) is 31.8 Å². The third kappa shape index (κ3) is 6.48. The van der Waals surface area contributed by atoms with Gasteiger partial charge >= 0.3 is 0 Å². The number of halogens is 2. The zero-order valence-electron chi connectivity index (χ0n) is 25.0. The van der Waals surface area contributed by atoms with E-state index >= 15 is 0 Å². The van der Waals surface area contributed by atoms with Crippen molar-refractivity contribution in [3.8, 4) is 34.7 Å². The maximum atomic E-state index is 14.7. The third-order valence-corrected chi connectivity index (χ3v) is 8.02. The van der Waals surface area contributed by atoms with Crippen molar-refractivity contribution in [2.45, 2.75) is 0 Å². The Morgan fingerprint density at radius 1 is 0.562 bits per heavy atom. The lowest BCUT2D eigenvalue weighted by molar-refractivity contribution is 0.0922. The zero-order chi connectivity index (χ0) is 33.6.